The van der Waals surface area contributed by atoms with Gasteiger partial charge in [-0.15, -0.1) is 11.3 Å². The quantitative estimate of drug-likeness (QED) is 0.793. The minimum atomic E-state index is -0.308. The summed E-state index contributed by atoms with van der Waals surface area (Å²) < 4.78 is 14.7. The lowest BCUT2D eigenvalue weighted by Gasteiger charge is -2.07. The van der Waals surface area contributed by atoms with E-state index in [1.165, 1.54) is 23.5 Å². The van der Waals surface area contributed by atoms with Gasteiger partial charge >= 0.3 is 0 Å². The Morgan fingerprint density at radius 1 is 1.35 bits per heavy atom. The van der Waals surface area contributed by atoms with Crippen molar-refractivity contribution in [1.82, 2.24) is 14.8 Å². The van der Waals surface area contributed by atoms with E-state index < -0.39 is 0 Å². The maximum atomic E-state index is 13.0. The fourth-order valence-corrected chi connectivity index (χ4v) is 2.98. The first-order valence-corrected chi connectivity index (χ1v) is 8.01. The van der Waals surface area contributed by atoms with Crippen LogP contribution in [0.1, 0.15) is 23.1 Å². The molecule has 0 unspecified atom stereocenters. The lowest BCUT2D eigenvalue weighted by molar-refractivity contribution is 0.101. The highest BCUT2D eigenvalue weighted by atomic mass is 32.1. The van der Waals surface area contributed by atoms with Crippen LogP contribution in [0.25, 0.3) is 11.3 Å². The van der Waals surface area contributed by atoms with Gasteiger partial charge < -0.3 is 5.32 Å². The van der Waals surface area contributed by atoms with Gasteiger partial charge in [-0.05, 0) is 44.2 Å². The molecular formula is C16H15FN4OS. The number of halogens is 1. The predicted molar refractivity (Wildman–Crippen MR) is 88.1 cm³/mol. The largest absolute Gasteiger partial charge is 0.310 e. The minimum absolute atomic E-state index is 0.236. The van der Waals surface area contributed by atoms with E-state index in [0.29, 0.717) is 22.9 Å². The van der Waals surface area contributed by atoms with Crippen molar-refractivity contribution < 1.29 is 9.18 Å². The van der Waals surface area contributed by atoms with Gasteiger partial charge in [0.05, 0.1) is 11.2 Å². The molecule has 1 aromatic carbocycles. The molecule has 2 heterocycles. The van der Waals surface area contributed by atoms with E-state index in [-0.39, 0.29) is 11.7 Å². The van der Waals surface area contributed by atoms with Gasteiger partial charge in [-0.25, -0.2) is 9.37 Å². The van der Waals surface area contributed by atoms with Gasteiger partial charge in [0.25, 0.3) is 5.91 Å². The molecule has 1 amide bonds. The Kier molecular flexibility index (Phi) is 4.20. The third kappa shape index (κ3) is 3.14. The molecule has 118 valence electrons. The van der Waals surface area contributed by atoms with E-state index >= 15 is 0 Å². The van der Waals surface area contributed by atoms with Gasteiger partial charge in [0, 0.05) is 12.1 Å². The molecule has 0 fully saturated rings. The molecule has 0 saturated heterocycles. The van der Waals surface area contributed by atoms with Crippen LogP contribution in [0, 0.1) is 12.7 Å². The SMILES string of the molecule is CCn1nc(C)cc1C(=O)Nc1scnc1-c1ccc(F)cc1. The number of aromatic nitrogens is 3. The highest BCUT2D eigenvalue weighted by molar-refractivity contribution is 7.14. The molecule has 0 radical (unpaired) electrons. The molecule has 0 aliphatic carbocycles. The van der Waals surface area contributed by atoms with Crippen molar-refractivity contribution in [2.45, 2.75) is 20.4 Å². The number of aryl methyl sites for hydroxylation is 2. The molecule has 3 rings (SSSR count). The average molecular weight is 330 g/mol. The van der Waals surface area contributed by atoms with E-state index in [1.54, 1.807) is 28.4 Å². The van der Waals surface area contributed by atoms with E-state index in [0.717, 1.165) is 11.3 Å². The fraction of sp³-hybridized carbons (Fsp3) is 0.188. The van der Waals surface area contributed by atoms with Crippen LogP contribution in [0.5, 0.6) is 0 Å². The second kappa shape index (κ2) is 6.29. The molecule has 0 spiro atoms. The van der Waals surface area contributed by atoms with Crippen molar-refractivity contribution in [3.05, 3.63) is 53.0 Å². The van der Waals surface area contributed by atoms with Gasteiger partial charge in [0.15, 0.2) is 0 Å². The summed E-state index contributed by atoms with van der Waals surface area (Å²) in [4.78, 5) is 16.8. The van der Waals surface area contributed by atoms with Gasteiger partial charge in [0.1, 0.15) is 22.2 Å². The molecular weight excluding hydrogens is 315 g/mol. The van der Waals surface area contributed by atoms with Gasteiger partial charge in [-0.1, -0.05) is 0 Å². The first kappa shape index (κ1) is 15.4. The number of amides is 1. The van der Waals surface area contributed by atoms with E-state index in [4.69, 9.17) is 0 Å². The molecule has 2 aromatic heterocycles. The fourth-order valence-electron chi connectivity index (χ4n) is 2.28. The molecule has 0 aliphatic heterocycles. The number of carbonyl (C=O) groups excluding carboxylic acids is 1. The first-order valence-electron chi connectivity index (χ1n) is 7.13. The van der Waals surface area contributed by atoms with Crippen molar-refractivity contribution >= 4 is 22.2 Å². The van der Waals surface area contributed by atoms with Crippen LogP contribution in [-0.4, -0.2) is 20.7 Å². The third-order valence-corrected chi connectivity index (χ3v) is 4.09. The van der Waals surface area contributed by atoms with E-state index in [1.807, 2.05) is 13.8 Å². The monoisotopic (exact) mass is 330 g/mol. The third-order valence-electron chi connectivity index (χ3n) is 3.35. The summed E-state index contributed by atoms with van der Waals surface area (Å²) in [5.41, 5.74) is 4.32. The summed E-state index contributed by atoms with van der Waals surface area (Å²) in [6, 6.07) is 7.77. The molecule has 7 heteroatoms. The number of benzene rings is 1. The normalized spacial score (nSPS) is 10.7. The number of nitrogens with zero attached hydrogens (tertiary/aromatic N) is 3. The molecule has 3 aromatic rings. The molecule has 23 heavy (non-hydrogen) atoms. The predicted octanol–water partition coefficient (Wildman–Crippen LogP) is 3.73. The van der Waals surface area contributed by atoms with Crippen LogP contribution in [0.4, 0.5) is 9.39 Å². The summed E-state index contributed by atoms with van der Waals surface area (Å²) in [6.45, 7) is 4.39. The topological polar surface area (TPSA) is 59.8 Å². The van der Waals surface area contributed by atoms with Crippen LogP contribution in [0.3, 0.4) is 0 Å². The zero-order valence-corrected chi connectivity index (χ0v) is 13.5. The smallest absolute Gasteiger partial charge is 0.274 e. The first-order chi connectivity index (χ1) is 11.1. The molecule has 0 aliphatic rings. The summed E-state index contributed by atoms with van der Waals surface area (Å²) in [6.07, 6.45) is 0. The highest BCUT2D eigenvalue weighted by Gasteiger charge is 2.17. The number of rotatable bonds is 4. The Bertz CT molecular complexity index is 838. The van der Waals surface area contributed by atoms with Crippen LogP contribution >= 0.6 is 11.3 Å². The van der Waals surface area contributed by atoms with E-state index in [9.17, 15) is 9.18 Å². The molecule has 0 atom stereocenters. The number of nitrogens with one attached hydrogen (secondary N) is 1. The van der Waals surface area contributed by atoms with Crippen molar-refractivity contribution in [3.63, 3.8) is 0 Å². The average Bonchev–Trinajstić information content (AvgIpc) is 3.14. The number of thiazole rings is 1. The second-order valence-electron chi connectivity index (χ2n) is 4.98. The van der Waals surface area contributed by atoms with Crippen molar-refractivity contribution in [3.8, 4) is 11.3 Å². The number of hydrogen-bond acceptors (Lipinski definition) is 4. The van der Waals surface area contributed by atoms with Gasteiger partial charge in [-0.3, -0.25) is 9.48 Å². The molecule has 0 saturated carbocycles. The van der Waals surface area contributed by atoms with Gasteiger partial charge in [0.2, 0.25) is 0 Å². The Balaban J connectivity index is 1.88. The number of anilines is 1. The Morgan fingerprint density at radius 2 is 2.09 bits per heavy atom. The van der Waals surface area contributed by atoms with Crippen LogP contribution in [0.2, 0.25) is 0 Å². The zero-order valence-electron chi connectivity index (χ0n) is 12.7. The van der Waals surface area contributed by atoms with Crippen LogP contribution in [0.15, 0.2) is 35.8 Å². The van der Waals surface area contributed by atoms with Gasteiger partial charge in [-0.2, -0.15) is 5.10 Å². The maximum absolute atomic E-state index is 13.0. The Labute approximate surface area is 136 Å². The van der Waals surface area contributed by atoms with Crippen molar-refractivity contribution in [2.24, 2.45) is 0 Å². The minimum Gasteiger partial charge on any atom is -0.310 e. The standard InChI is InChI=1S/C16H15FN4OS/c1-3-21-13(8-10(2)20-21)15(22)19-16-14(18-9-23-16)11-4-6-12(17)7-5-11/h4-9H,3H2,1-2H3,(H,19,22). The molecule has 1 N–H and O–H groups in total. The number of hydrogen-bond donors (Lipinski definition) is 1. The summed E-state index contributed by atoms with van der Waals surface area (Å²) in [5, 5.41) is 7.77. The maximum Gasteiger partial charge on any atom is 0.274 e. The van der Waals surface area contributed by atoms with E-state index in [2.05, 4.69) is 15.4 Å². The zero-order chi connectivity index (χ0) is 16.4. The van der Waals surface area contributed by atoms with Crippen molar-refractivity contribution in [1.29, 1.82) is 0 Å². The van der Waals surface area contributed by atoms with Crippen LogP contribution in [-0.2, 0) is 6.54 Å². The molecule has 0 bridgehead atoms. The summed E-state index contributed by atoms with van der Waals surface area (Å²) >= 11 is 1.33. The lowest BCUT2D eigenvalue weighted by atomic mass is 10.1. The number of carbonyl (C=O) groups is 1. The summed E-state index contributed by atoms with van der Waals surface area (Å²) in [5.74, 6) is -0.544. The van der Waals surface area contributed by atoms with Crippen molar-refractivity contribution in [2.75, 3.05) is 5.32 Å². The molecule has 5 nitrogen and oxygen atoms in total. The van der Waals surface area contributed by atoms with Crippen LogP contribution < -0.4 is 5.32 Å². The Morgan fingerprint density at radius 3 is 2.78 bits per heavy atom. The second-order valence-corrected chi connectivity index (χ2v) is 5.83. The Hall–Kier alpha value is -2.54. The summed E-state index contributed by atoms with van der Waals surface area (Å²) in [7, 11) is 0. The lowest BCUT2D eigenvalue weighted by Crippen LogP contribution is -2.17. The highest BCUT2D eigenvalue weighted by Crippen LogP contribution is 2.30.